The van der Waals surface area contributed by atoms with E-state index in [4.69, 9.17) is 11.2 Å². The van der Waals surface area contributed by atoms with Gasteiger partial charge in [-0.1, -0.05) is 12.8 Å². The second kappa shape index (κ2) is 5.38. The standard InChI is InChI=1S/C12H20O2/c1-3-5-8-11(13)12(14-4-2)9-6-7-10-12/h1,11,13H,4-10H2,2H3. The van der Waals surface area contributed by atoms with Gasteiger partial charge in [-0.25, -0.2) is 0 Å². The molecule has 14 heavy (non-hydrogen) atoms. The Morgan fingerprint density at radius 2 is 2.14 bits per heavy atom. The molecule has 1 atom stereocenters. The molecule has 80 valence electrons. The van der Waals surface area contributed by atoms with E-state index >= 15 is 0 Å². The zero-order valence-corrected chi connectivity index (χ0v) is 8.96. The molecule has 0 radical (unpaired) electrons. The fourth-order valence-corrected chi connectivity index (χ4v) is 2.32. The van der Waals surface area contributed by atoms with Crippen LogP contribution in [0.4, 0.5) is 0 Å². The minimum atomic E-state index is -0.388. The molecule has 0 bridgehead atoms. The molecule has 2 heteroatoms. The van der Waals surface area contributed by atoms with Crippen LogP contribution in [0.3, 0.4) is 0 Å². The van der Waals surface area contributed by atoms with Gasteiger partial charge >= 0.3 is 0 Å². The van der Waals surface area contributed by atoms with E-state index in [2.05, 4.69) is 5.92 Å². The Bertz CT molecular complexity index is 199. The van der Waals surface area contributed by atoms with Crippen LogP contribution in [-0.2, 0) is 4.74 Å². The molecular weight excluding hydrogens is 176 g/mol. The summed E-state index contributed by atoms with van der Waals surface area (Å²) in [5.74, 6) is 2.57. The van der Waals surface area contributed by atoms with Crippen LogP contribution < -0.4 is 0 Å². The van der Waals surface area contributed by atoms with Crippen LogP contribution in [0, 0.1) is 12.3 Å². The van der Waals surface area contributed by atoms with Gasteiger partial charge in [-0.3, -0.25) is 0 Å². The summed E-state index contributed by atoms with van der Waals surface area (Å²) in [6.07, 6.45) is 10.4. The van der Waals surface area contributed by atoms with Crippen molar-refractivity contribution in [2.75, 3.05) is 6.61 Å². The lowest BCUT2D eigenvalue weighted by atomic mass is 9.91. The molecule has 1 unspecified atom stereocenters. The van der Waals surface area contributed by atoms with E-state index in [1.807, 2.05) is 6.92 Å². The maximum Gasteiger partial charge on any atom is 0.0940 e. The Labute approximate surface area is 86.7 Å². The van der Waals surface area contributed by atoms with Crippen molar-refractivity contribution in [1.82, 2.24) is 0 Å². The third-order valence-electron chi connectivity index (χ3n) is 3.05. The summed E-state index contributed by atoms with van der Waals surface area (Å²) >= 11 is 0. The molecule has 0 saturated heterocycles. The van der Waals surface area contributed by atoms with Gasteiger partial charge in [0.15, 0.2) is 0 Å². The molecule has 1 aliphatic rings. The van der Waals surface area contributed by atoms with E-state index in [0.29, 0.717) is 19.4 Å². The van der Waals surface area contributed by atoms with Gasteiger partial charge in [0.2, 0.25) is 0 Å². The van der Waals surface area contributed by atoms with Gasteiger partial charge in [0.1, 0.15) is 0 Å². The van der Waals surface area contributed by atoms with Crippen molar-refractivity contribution in [3.05, 3.63) is 0 Å². The lowest BCUT2D eigenvalue weighted by Crippen LogP contribution is -2.42. The third kappa shape index (κ3) is 2.50. The molecule has 1 rings (SSSR count). The molecule has 0 heterocycles. The predicted molar refractivity (Wildman–Crippen MR) is 56.9 cm³/mol. The lowest BCUT2D eigenvalue weighted by Gasteiger charge is -2.33. The van der Waals surface area contributed by atoms with Gasteiger partial charge in [-0.15, -0.1) is 12.3 Å². The van der Waals surface area contributed by atoms with E-state index in [1.165, 1.54) is 0 Å². The van der Waals surface area contributed by atoms with Crippen molar-refractivity contribution in [2.24, 2.45) is 0 Å². The first-order valence-corrected chi connectivity index (χ1v) is 5.50. The van der Waals surface area contributed by atoms with Crippen LogP contribution in [0.5, 0.6) is 0 Å². The first kappa shape index (κ1) is 11.6. The quantitative estimate of drug-likeness (QED) is 0.682. The minimum absolute atomic E-state index is 0.286. The highest BCUT2D eigenvalue weighted by molar-refractivity contribution is 4.95. The molecule has 1 saturated carbocycles. The maximum absolute atomic E-state index is 10.0. The average molecular weight is 196 g/mol. The highest BCUT2D eigenvalue weighted by Crippen LogP contribution is 2.37. The Morgan fingerprint density at radius 1 is 1.50 bits per heavy atom. The molecular formula is C12H20O2. The number of terminal acetylenes is 1. The molecule has 2 nitrogen and oxygen atoms in total. The van der Waals surface area contributed by atoms with Crippen LogP contribution >= 0.6 is 0 Å². The third-order valence-corrected chi connectivity index (χ3v) is 3.05. The summed E-state index contributed by atoms with van der Waals surface area (Å²) in [5.41, 5.74) is -0.286. The van der Waals surface area contributed by atoms with Crippen LogP contribution in [0.1, 0.15) is 45.4 Å². The number of aliphatic hydroxyl groups is 1. The topological polar surface area (TPSA) is 29.5 Å². The smallest absolute Gasteiger partial charge is 0.0940 e. The molecule has 0 aromatic rings. The van der Waals surface area contributed by atoms with Crippen molar-refractivity contribution < 1.29 is 9.84 Å². The zero-order chi connectivity index (χ0) is 10.4. The number of rotatable bonds is 5. The van der Waals surface area contributed by atoms with Crippen LogP contribution in [-0.4, -0.2) is 23.4 Å². The van der Waals surface area contributed by atoms with Gasteiger partial charge in [0.25, 0.3) is 0 Å². The highest BCUT2D eigenvalue weighted by Gasteiger charge is 2.40. The molecule has 1 N–H and O–H groups in total. The first-order valence-electron chi connectivity index (χ1n) is 5.50. The molecule has 1 aliphatic carbocycles. The van der Waals surface area contributed by atoms with Crippen molar-refractivity contribution in [3.63, 3.8) is 0 Å². The van der Waals surface area contributed by atoms with Crippen molar-refractivity contribution in [2.45, 2.75) is 57.2 Å². The van der Waals surface area contributed by atoms with Gasteiger partial charge in [0, 0.05) is 13.0 Å². The summed E-state index contributed by atoms with van der Waals surface area (Å²) < 4.78 is 5.73. The SMILES string of the molecule is C#CCCC(O)C1(OCC)CCCC1. The Kier molecular flexibility index (Phi) is 4.44. The largest absolute Gasteiger partial charge is 0.390 e. The number of aliphatic hydroxyl groups excluding tert-OH is 1. The number of hydrogen-bond donors (Lipinski definition) is 1. The molecule has 0 spiro atoms. The van der Waals surface area contributed by atoms with Crippen LogP contribution in [0.15, 0.2) is 0 Å². The Morgan fingerprint density at radius 3 is 2.64 bits per heavy atom. The van der Waals surface area contributed by atoms with E-state index in [9.17, 15) is 5.11 Å². The zero-order valence-electron chi connectivity index (χ0n) is 8.96. The maximum atomic E-state index is 10.0. The van der Waals surface area contributed by atoms with E-state index in [0.717, 1.165) is 25.7 Å². The normalized spacial score (nSPS) is 21.8. The van der Waals surface area contributed by atoms with Crippen LogP contribution in [0.2, 0.25) is 0 Å². The van der Waals surface area contributed by atoms with Crippen molar-refractivity contribution in [1.29, 1.82) is 0 Å². The van der Waals surface area contributed by atoms with Gasteiger partial charge in [0.05, 0.1) is 11.7 Å². The fourth-order valence-electron chi connectivity index (χ4n) is 2.32. The van der Waals surface area contributed by atoms with Crippen LogP contribution in [0.25, 0.3) is 0 Å². The van der Waals surface area contributed by atoms with Gasteiger partial charge in [-0.05, 0) is 26.2 Å². The fraction of sp³-hybridized carbons (Fsp3) is 0.833. The Balaban J connectivity index is 2.53. The second-order valence-electron chi connectivity index (χ2n) is 3.96. The lowest BCUT2D eigenvalue weighted by molar-refractivity contribution is -0.118. The molecule has 0 amide bonds. The second-order valence-corrected chi connectivity index (χ2v) is 3.96. The van der Waals surface area contributed by atoms with Gasteiger partial charge in [-0.2, -0.15) is 0 Å². The predicted octanol–water partition coefficient (Wildman–Crippen LogP) is 2.11. The summed E-state index contributed by atoms with van der Waals surface area (Å²) in [6.45, 7) is 2.65. The van der Waals surface area contributed by atoms with Crippen molar-refractivity contribution in [3.8, 4) is 12.3 Å². The Hall–Kier alpha value is -0.520. The minimum Gasteiger partial charge on any atom is -0.390 e. The highest BCUT2D eigenvalue weighted by atomic mass is 16.5. The summed E-state index contributed by atoms with van der Waals surface area (Å²) in [5, 5.41) is 10.0. The number of ether oxygens (including phenoxy) is 1. The average Bonchev–Trinajstić information content (AvgIpc) is 2.64. The molecule has 1 fully saturated rings. The van der Waals surface area contributed by atoms with E-state index < -0.39 is 0 Å². The molecule has 0 aromatic carbocycles. The van der Waals surface area contributed by atoms with E-state index in [-0.39, 0.29) is 11.7 Å². The summed E-state index contributed by atoms with van der Waals surface area (Å²) in [7, 11) is 0. The summed E-state index contributed by atoms with van der Waals surface area (Å²) in [6, 6.07) is 0. The molecule has 0 aliphatic heterocycles. The molecule has 0 aromatic heterocycles. The van der Waals surface area contributed by atoms with Gasteiger partial charge < -0.3 is 9.84 Å². The van der Waals surface area contributed by atoms with E-state index in [1.54, 1.807) is 0 Å². The summed E-state index contributed by atoms with van der Waals surface area (Å²) in [4.78, 5) is 0. The van der Waals surface area contributed by atoms with Crippen molar-refractivity contribution >= 4 is 0 Å². The number of hydrogen-bond acceptors (Lipinski definition) is 2. The monoisotopic (exact) mass is 196 g/mol. The first-order chi connectivity index (χ1) is 6.75.